The zero-order valence-electron chi connectivity index (χ0n) is 33.4. The Morgan fingerprint density at radius 1 is 0.911 bits per heavy atom. The lowest BCUT2D eigenvalue weighted by Gasteiger charge is -2.34. The van der Waals surface area contributed by atoms with Crippen LogP contribution in [0.25, 0.3) is 11.1 Å². The van der Waals surface area contributed by atoms with E-state index < -0.39 is 65.4 Å². The van der Waals surface area contributed by atoms with Crippen molar-refractivity contribution in [3.63, 3.8) is 0 Å². The highest BCUT2D eigenvalue weighted by molar-refractivity contribution is 6.07. The van der Waals surface area contributed by atoms with Crippen LogP contribution in [0.5, 0.6) is 5.75 Å². The van der Waals surface area contributed by atoms with Gasteiger partial charge in [0.2, 0.25) is 0 Å². The van der Waals surface area contributed by atoms with E-state index in [2.05, 4.69) is 16.7 Å². The van der Waals surface area contributed by atoms with Gasteiger partial charge in [-0.05, 0) is 78.8 Å². The molecule has 5 heterocycles. The molecule has 0 saturated carbocycles. The monoisotopic (exact) mass is 778 g/mol. The molecule has 0 aliphatic carbocycles. The number of benzene rings is 1. The first kappa shape index (κ1) is 40.4. The summed E-state index contributed by atoms with van der Waals surface area (Å²) < 4.78 is 38.4. The molecule has 2 saturated heterocycles. The smallest absolute Gasteiger partial charge is 0.333 e. The van der Waals surface area contributed by atoms with E-state index >= 15 is 4.39 Å². The van der Waals surface area contributed by atoms with Crippen molar-refractivity contribution < 1.29 is 47.0 Å². The standard InChI is InChI=1S/C40H51FN6O9/c1-9-43-17-19-44(20-18-43)30-14-13-27-26(42-30)21-29(56-27)40(15-16-45-22-25-11-12-28(53-10-2)32(41)31(25)33(45)48)34(49)46(23-54-35(50)38(3,4)5)37(52)47(40)24-55-36(51)39(6,7)8/h11-14,21H,9-10,15-20,22-24H2,1-8H3/t40-/m0/s1. The molecule has 0 bridgehead atoms. The van der Waals surface area contributed by atoms with Gasteiger partial charge in [0.25, 0.3) is 11.8 Å². The molecular formula is C40H51FN6O9. The molecule has 3 aliphatic heterocycles. The van der Waals surface area contributed by atoms with Crippen molar-refractivity contribution in [2.45, 2.75) is 73.9 Å². The van der Waals surface area contributed by atoms with E-state index in [9.17, 15) is 24.0 Å². The number of nitrogens with zero attached hydrogens (tertiary/aromatic N) is 6. The number of ether oxygens (including phenoxy) is 3. The van der Waals surface area contributed by atoms with Gasteiger partial charge in [0.1, 0.15) is 17.1 Å². The maximum absolute atomic E-state index is 15.5. The van der Waals surface area contributed by atoms with Gasteiger partial charge < -0.3 is 33.3 Å². The van der Waals surface area contributed by atoms with Gasteiger partial charge in [0.15, 0.2) is 36.2 Å². The molecule has 15 nitrogen and oxygen atoms in total. The minimum Gasteiger partial charge on any atom is -0.491 e. The van der Waals surface area contributed by atoms with Gasteiger partial charge in [-0.25, -0.2) is 19.1 Å². The van der Waals surface area contributed by atoms with Crippen molar-refractivity contribution in [2.75, 3.05) is 64.2 Å². The van der Waals surface area contributed by atoms with Crippen LogP contribution in [0.2, 0.25) is 0 Å². The number of aromatic nitrogens is 1. The third kappa shape index (κ3) is 7.50. The molecular weight excluding hydrogens is 727 g/mol. The van der Waals surface area contributed by atoms with E-state index in [4.69, 9.17) is 23.6 Å². The van der Waals surface area contributed by atoms with Crippen molar-refractivity contribution in [3.8, 4) is 5.75 Å². The van der Waals surface area contributed by atoms with Crippen LogP contribution in [-0.4, -0.2) is 114 Å². The fourth-order valence-electron chi connectivity index (χ4n) is 7.02. The van der Waals surface area contributed by atoms with Crippen LogP contribution in [0, 0.1) is 16.6 Å². The number of urea groups is 1. The van der Waals surface area contributed by atoms with E-state index in [-0.39, 0.29) is 43.2 Å². The highest BCUT2D eigenvalue weighted by Crippen LogP contribution is 2.44. The van der Waals surface area contributed by atoms with Crippen LogP contribution in [-0.2, 0) is 35.9 Å². The Morgan fingerprint density at radius 2 is 1.57 bits per heavy atom. The first-order chi connectivity index (χ1) is 26.4. The number of rotatable bonds is 12. The Morgan fingerprint density at radius 3 is 2.20 bits per heavy atom. The fourth-order valence-corrected chi connectivity index (χ4v) is 7.02. The summed E-state index contributed by atoms with van der Waals surface area (Å²) in [6.45, 7) is 16.6. The van der Waals surface area contributed by atoms with Crippen LogP contribution in [0.3, 0.4) is 0 Å². The molecule has 0 N–H and O–H groups in total. The Bertz CT molecular complexity index is 2030. The maximum atomic E-state index is 15.5. The predicted octanol–water partition coefficient (Wildman–Crippen LogP) is 5.11. The number of imide groups is 1. The van der Waals surface area contributed by atoms with Gasteiger partial charge in [-0.3, -0.25) is 24.1 Å². The average molecular weight is 779 g/mol. The summed E-state index contributed by atoms with van der Waals surface area (Å²) in [5.41, 5.74) is -2.89. The fraction of sp³-hybridized carbons (Fsp3) is 0.550. The summed E-state index contributed by atoms with van der Waals surface area (Å²) in [7, 11) is 0. The SMILES string of the molecule is CCOc1ccc2c(c1F)C(=O)N(CC[C@]1(c3cc4nc(N5CCN(CC)CC5)ccc4o3)C(=O)N(COC(=O)C(C)(C)C)C(=O)N1COC(=O)C(C)(C)C)C2. The molecule has 1 atom stereocenters. The van der Waals surface area contributed by atoms with Gasteiger partial charge in [-0.15, -0.1) is 0 Å². The molecule has 2 fully saturated rings. The van der Waals surface area contributed by atoms with Gasteiger partial charge in [0.05, 0.1) is 23.0 Å². The van der Waals surface area contributed by atoms with Gasteiger partial charge >= 0.3 is 18.0 Å². The van der Waals surface area contributed by atoms with Crippen LogP contribution in [0.1, 0.15) is 83.5 Å². The van der Waals surface area contributed by atoms with Crippen LogP contribution < -0.4 is 9.64 Å². The molecule has 2 aromatic heterocycles. The largest absolute Gasteiger partial charge is 0.491 e. The number of likely N-dealkylation sites (N-methyl/N-ethyl adjacent to an activating group) is 1. The minimum absolute atomic E-state index is 0.00303. The molecule has 3 aliphatic rings. The van der Waals surface area contributed by atoms with Crippen molar-refractivity contribution in [1.29, 1.82) is 0 Å². The lowest BCUT2D eigenvalue weighted by atomic mass is 9.90. The quantitative estimate of drug-likeness (QED) is 0.177. The topological polar surface area (TPSA) is 155 Å². The first-order valence-electron chi connectivity index (χ1n) is 19.0. The summed E-state index contributed by atoms with van der Waals surface area (Å²) in [6.07, 6.45) is -0.264. The summed E-state index contributed by atoms with van der Waals surface area (Å²) in [5, 5.41) is 0. The first-order valence-corrected chi connectivity index (χ1v) is 19.0. The van der Waals surface area contributed by atoms with Crippen LogP contribution >= 0.6 is 0 Å². The zero-order chi connectivity index (χ0) is 40.7. The molecule has 3 aromatic rings. The third-order valence-corrected chi connectivity index (χ3v) is 10.4. The number of hydrogen-bond acceptors (Lipinski definition) is 12. The van der Waals surface area contributed by atoms with Crippen LogP contribution in [0.4, 0.5) is 15.0 Å². The summed E-state index contributed by atoms with van der Waals surface area (Å²) in [4.78, 5) is 81.6. The highest BCUT2D eigenvalue weighted by atomic mass is 19.1. The Kier molecular flexibility index (Phi) is 11.1. The number of amides is 4. The molecule has 16 heteroatoms. The van der Waals surface area contributed by atoms with E-state index in [0.717, 1.165) is 42.5 Å². The summed E-state index contributed by atoms with van der Waals surface area (Å²) in [5.74, 6) is -2.88. The van der Waals surface area contributed by atoms with E-state index in [1.807, 2.05) is 6.07 Å². The third-order valence-electron chi connectivity index (χ3n) is 10.4. The summed E-state index contributed by atoms with van der Waals surface area (Å²) in [6, 6.07) is 7.33. The number of pyridine rings is 1. The minimum atomic E-state index is -2.03. The molecule has 56 heavy (non-hydrogen) atoms. The predicted molar refractivity (Wildman–Crippen MR) is 202 cm³/mol. The Hall–Kier alpha value is -5.25. The number of hydrogen-bond donors (Lipinski definition) is 0. The second kappa shape index (κ2) is 15.4. The van der Waals surface area contributed by atoms with Crippen molar-refractivity contribution in [1.82, 2.24) is 24.6 Å². The lowest BCUT2D eigenvalue weighted by molar-refractivity contribution is -0.161. The van der Waals surface area contributed by atoms with Gasteiger partial charge in [0, 0.05) is 51.8 Å². The maximum Gasteiger partial charge on any atom is 0.333 e. The number of fused-ring (bicyclic) bond motifs is 2. The Balaban J connectivity index is 1.42. The van der Waals surface area contributed by atoms with E-state index in [1.54, 1.807) is 66.7 Å². The molecule has 4 amide bonds. The zero-order valence-corrected chi connectivity index (χ0v) is 33.4. The van der Waals surface area contributed by atoms with Gasteiger partial charge in [-0.1, -0.05) is 13.0 Å². The molecule has 6 rings (SSSR count). The lowest BCUT2D eigenvalue weighted by Crippen LogP contribution is -2.50. The van der Waals surface area contributed by atoms with Crippen LogP contribution in [0.15, 0.2) is 34.7 Å². The Labute approximate surface area is 325 Å². The summed E-state index contributed by atoms with van der Waals surface area (Å²) >= 11 is 0. The molecule has 302 valence electrons. The number of furan rings is 1. The normalized spacial score (nSPS) is 19.3. The average Bonchev–Trinajstić information content (AvgIpc) is 3.79. The van der Waals surface area contributed by atoms with Crippen molar-refractivity contribution >= 4 is 46.7 Å². The van der Waals surface area contributed by atoms with Gasteiger partial charge in [-0.2, -0.15) is 0 Å². The number of anilines is 1. The second-order valence-corrected chi connectivity index (χ2v) is 16.3. The van der Waals surface area contributed by atoms with Crippen molar-refractivity contribution in [3.05, 3.63) is 53.0 Å². The number of carbonyl (C=O) groups excluding carboxylic acids is 5. The molecule has 0 radical (unpaired) electrons. The number of carbonyl (C=O) groups is 5. The van der Waals surface area contributed by atoms with Crippen molar-refractivity contribution in [2.24, 2.45) is 10.8 Å². The highest BCUT2D eigenvalue weighted by Gasteiger charge is 2.61. The molecule has 1 aromatic carbocycles. The molecule has 0 unspecified atom stereocenters. The van der Waals surface area contributed by atoms with E-state index in [0.29, 0.717) is 22.5 Å². The number of piperazine rings is 1. The number of esters is 2. The van der Waals surface area contributed by atoms with E-state index in [1.165, 1.54) is 11.0 Å². The molecule has 0 spiro atoms. The second-order valence-electron chi connectivity index (χ2n) is 16.3. The number of halogens is 1.